The predicted molar refractivity (Wildman–Crippen MR) is 118 cm³/mol. The van der Waals surface area contributed by atoms with Crippen molar-refractivity contribution in [3.8, 4) is 0 Å². The highest BCUT2D eigenvalue weighted by molar-refractivity contribution is 9.09. The highest BCUT2D eigenvalue weighted by Crippen LogP contribution is 2.30. The Balaban J connectivity index is 1.47. The summed E-state index contributed by atoms with van der Waals surface area (Å²) in [7, 11) is 0. The SMILES string of the molecule is O=C1CCC(N2C(=O)c3cccc(CCCOCCOCCOCCBr)c3C2=O)C(=O)N1. The van der Waals surface area contributed by atoms with Gasteiger partial charge in [-0.25, -0.2) is 0 Å². The predicted octanol–water partition coefficient (Wildman–Crippen LogP) is 1.47. The molecule has 1 unspecified atom stereocenters. The second-order valence-electron chi connectivity index (χ2n) is 7.42. The minimum absolute atomic E-state index is 0.0988. The molecular formula is C22H27BrN2O7. The molecule has 9 nitrogen and oxygen atoms in total. The van der Waals surface area contributed by atoms with Gasteiger partial charge in [0, 0.05) is 18.4 Å². The molecule has 0 spiro atoms. The van der Waals surface area contributed by atoms with Crippen LogP contribution in [0.3, 0.4) is 0 Å². The number of carbonyl (C=O) groups excluding carboxylic acids is 4. The Morgan fingerprint density at radius 3 is 2.31 bits per heavy atom. The van der Waals surface area contributed by atoms with Gasteiger partial charge in [0.1, 0.15) is 6.04 Å². The molecule has 2 heterocycles. The van der Waals surface area contributed by atoms with Crippen molar-refractivity contribution in [2.45, 2.75) is 31.7 Å². The number of nitrogens with one attached hydrogen (secondary N) is 1. The smallest absolute Gasteiger partial charge is 0.262 e. The van der Waals surface area contributed by atoms with Crippen molar-refractivity contribution < 1.29 is 33.4 Å². The van der Waals surface area contributed by atoms with Crippen LogP contribution in [0.25, 0.3) is 0 Å². The summed E-state index contributed by atoms with van der Waals surface area (Å²) in [5, 5.41) is 3.01. The standard InChI is InChI=1S/C22H27BrN2O7/c23-8-10-31-12-14-32-13-11-30-9-2-4-15-3-1-5-16-19(15)22(29)25(21(16)28)17-6-7-18(26)24-20(17)27/h1,3,5,17H,2,4,6-14H2,(H,24,26,27). The van der Waals surface area contributed by atoms with Gasteiger partial charge in [0.25, 0.3) is 11.8 Å². The molecule has 0 bridgehead atoms. The summed E-state index contributed by atoms with van der Waals surface area (Å²) in [6.07, 6.45) is 1.48. The Labute approximate surface area is 194 Å². The van der Waals surface area contributed by atoms with Crippen LogP contribution in [0.4, 0.5) is 0 Å². The minimum Gasteiger partial charge on any atom is -0.379 e. The van der Waals surface area contributed by atoms with Crippen LogP contribution >= 0.6 is 15.9 Å². The zero-order valence-corrected chi connectivity index (χ0v) is 19.4. The summed E-state index contributed by atoms with van der Waals surface area (Å²) in [5.74, 6) is -1.97. The lowest BCUT2D eigenvalue weighted by Gasteiger charge is -2.27. The number of hydrogen-bond acceptors (Lipinski definition) is 7. The molecule has 0 aliphatic carbocycles. The molecular weight excluding hydrogens is 484 g/mol. The fourth-order valence-electron chi connectivity index (χ4n) is 3.75. The number of imide groups is 2. The second-order valence-corrected chi connectivity index (χ2v) is 8.21. The molecule has 1 aromatic rings. The topological polar surface area (TPSA) is 111 Å². The molecule has 174 valence electrons. The van der Waals surface area contributed by atoms with Gasteiger partial charge in [0.05, 0.1) is 44.2 Å². The van der Waals surface area contributed by atoms with E-state index in [0.717, 1.165) is 15.8 Å². The van der Waals surface area contributed by atoms with Gasteiger partial charge in [-0.2, -0.15) is 0 Å². The molecule has 0 radical (unpaired) electrons. The van der Waals surface area contributed by atoms with Gasteiger partial charge in [-0.15, -0.1) is 0 Å². The number of aryl methyl sites for hydroxylation is 1. The third kappa shape index (κ3) is 6.00. The number of benzene rings is 1. The van der Waals surface area contributed by atoms with Crippen LogP contribution in [0.2, 0.25) is 0 Å². The second kappa shape index (κ2) is 12.2. The van der Waals surface area contributed by atoms with E-state index in [4.69, 9.17) is 14.2 Å². The molecule has 2 aliphatic heterocycles. The third-order valence-corrected chi connectivity index (χ3v) is 5.58. The lowest BCUT2D eigenvalue weighted by Crippen LogP contribution is -2.54. The lowest BCUT2D eigenvalue weighted by molar-refractivity contribution is -0.136. The quantitative estimate of drug-likeness (QED) is 0.243. The van der Waals surface area contributed by atoms with E-state index in [9.17, 15) is 19.2 Å². The minimum atomic E-state index is -0.957. The average molecular weight is 511 g/mol. The molecule has 1 atom stereocenters. The summed E-state index contributed by atoms with van der Waals surface area (Å²) in [4.78, 5) is 50.5. The Morgan fingerprint density at radius 2 is 1.62 bits per heavy atom. The number of rotatable bonds is 13. The number of nitrogens with zero attached hydrogens (tertiary/aromatic N) is 1. The fraction of sp³-hybridized carbons (Fsp3) is 0.545. The van der Waals surface area contributed by atoms with E-state index in [1.54, 1.807) is 12.1 Å². The van der Waals surface area contributed by atoms with E-state index in [-0.39, 0.29) is 12.8 Å². The monoisotopic (exact) mass is 510 g/mol. The molecule has 1 saturated heterocycles. The van der Waals surface area contributed by atoms with Crippen molar-refractivity contribution in [3.63, 3.8) is 0 Å². The van der Waals surface area contributed by atoms with Crippen molar-refractivity contribution in [1.29, 1.82) is 0 Å². The van der Waals surface area contributed by atoms with E-state index in [1.807, 2.05) is 6.07 Å². The van der Waals surface area contributed by atoms with E-state index >= 15 is 0 Å². The van der Waals surface area contributed by atoms with Crippen LogP contribution in [0.5, 0.6) is 0 Å². The summed E-state index contributed by atoms with van der Waals surface area (Å²) < 4.78 is 16.3. The van der Waals surface area contributed by atoms with Gasteiger partial charge < -0.3 is 14.2 Å². The van der Waals surface area contributed by atoms with E-state index in [2.05, 4.69) is 21.2 Å². The van der Waals surface area contributed by atoms with Crippen molar-refractivity contribution in [2.75, 3.05) is 45.0 Å². The molecule has 2 aliphatic rings. The highest BCUT2D eigenvalue weighted by atomic mass is 79.9. The summed E-state index contributed by atoms with van der Waals surface area (Å²) in [6, 6.07) is 4.19. The van der Waals surface area contributed by atoms with Crippen molar-refractivity contribution >= 4 is 39.6 Å². The molecule has 1 N–H and O–H groups in total. The molecule has 3 rings (SSSR count). The van der Waals surface area contributed by atoms with Gasteiger partial charge in [0.15, 0.2) is 0 Å². The number of hydrogen-bond donors (Lipinski definition) is 1. The maximum Gasteiger partial charge on any atom is 0.262 e. The van der Waals surface area contributed by atoms with Crippen LogP contribution in [-0.4, -0.2) is 79.5 Å². The first-order valence-corrected chi connectivity index (χ1v) is 11.8. The number of carbonyl (C=O) groups is 4. The first kappa shape index (κ1) is 24.5. The molecule has 1 fully saturated rings. The summed E-state index contributed by atoms with van der Waals surface area (Å²) in [6.45, 7) is 3.16. The summed E-state index contributed by atoms with van der Waals surface area (Å²) in [5.41, 5.74) is 1.39. The zero-order chi connectivity index (χ0) is 22.9. The maximum atomic E-state index is 13.0. The van der Waals surface area contributed by atoms with Gasteiger partial charge >= 0.3 is 0 Å². The normalized spacial score (nSPS) is 18.3. The number of alkyl halides is 1. The highest BCUT2D eigenvalue weighted by Gasteiger charge is 2.45. The Bertz CT molecular complexity index is 861. The summed E-state index contributed by atoms with van der Waals surface area (Å²) >= 11 is 3.28. The van der Waals surface area contributed by atoms with Gasteiger partial charge in [0.2, 0.25) is 11.8 Å². The van der Waals surface area contributed by atoms with Gasteiger partial charge in [-0.1, -0.05) is 28.1 Å². The molecule has 1 aromatic carbocycles. The van der Waals surface area contributed by atoms with E-state index < -0.39 is 29.7 Å². The molecule has 32 heavy (non-hydrogen) atoms. The fourth-order valence-corrected chi connectivity index (χ4v) is 3.98. The molecule has 0 aromatic heterocycles. The molecule has 0 saturated carbocycles. The number of piperidine rings is 1. The number of amides is 4. The van der Waals surface area contributed by atoms with Gasteiger partial charge in [-0.3, -0.25) is 29.4 Å². The lowest BCUT2D eigenvalue weighted by atomic mass is 9.99. The largest absolute Gasteiger partial charge is 0.379 e. The first-order valence-electron chi connectivity index (χ1n) is 10.7. The third-order valence-electron chi connectivity index (χ3n) is 5.25. The molecule has 4 amide bonds. The van der Waals surface area contributed by atoms with Crippen molar-refractivity contribution in [2.24, 2.45) is 0 Å². The Morgan fingerprint density at radius 1 is 0.938 bits per heavy atom. The Kier molecular flexibility index (Phi) is 9.34. The van der Waals surface area contributed by atoms with Crippen LogP contribution < -0.4 is 5.32 Å². The number of halogens is 1. The Hall–Kier alpha value is -2.14. The first-order chi connectivity index (χ1) is 15.5. The van der Waals surface area contributed by atoms with Crippen LogP contribution in [0.15, 0.2) is 18.2 Å². The van der Waals surface area contributed by atoms with Crippen LogP contribution in [0, 0.1) is 0 Å². The maximum absolute atomic E-state index is 13.0. The van der Waals surface area contributed by atoms with E-state index in [1.165, 1.54) is 0 Å². The van der Waals surface area contributed by atoms with Crippen LogP contribution in [0.1, 0.15) is 45.5 Å². The van der Waals surface area contributed by atoms with Crippen molar-refractivity contribution in [3.05, 3.63) is 34.9 Å². The number of ether oxygens (including phenoxy) is 3. The molecule has 10 heteroatoms. The van der Waals surface area contributed by atoms with Crippen molar-refractivity contribution in [1.82, 2.24) is 10.2 Å². The van der Waals surface area contributed by atoms with Gasteiger partial charge in [-0.05, 0) is 30.9 Å². The van der Waals surface area contributed by atoms with Crippen LogP contribution in [-0.2, 0) is 30.2 Å². The van der Waals surface area contributed by atoms with E-state index in [0.29, 0.717) is 63.6 Å². The number of fused-ring (bicyclic) bond motifs is 1. The zero-order valence-electron chi connectivity index (χ0n) is 17.8. The average Bonchev–Trinajstić information content (AvgIpc) is 3.03.